The largest absolute Gasteiger partial charge is 0.497 e. The summed E-state index contributed by atoms with van der Waals surface area (Å²) in [6.07, 6.45) is 0. The van der Waals surface area contributed by atoms with E-state index in [0.29, 0.717) is 22.7 Å². The summed E-state index contributed by atoms with van der Waals surface area (Å²) in [4.78, 5) is 26.9. The van der Waals surface area contributed by atoms with Crippen molar-refractivity contribution in [3.8, 4) is 5.75 Å². The zero-order valence-corrected chi connectivity index (χ0v) is 21.2. The molecule has 3 aromatic carbocycles. The molecule has 0 bridgehead atoms. The van der Waals surface area contributed by atoms with Gasteiger partial charge < -0.3 is 15.0 Å². The number of anilines is 2. The Bertz CT molecular complexity index is 1330. The van der Waals surface area contributed by atoms with Crippen LogP contribution in [0.15, 0.2) is 65.6 Å². The second-order valence-electron chi connectivity index (χ2n) is 8.29. The number of methoxy groups -OCH3 is 1. The molecule has 0 aromatic heterocycles. The van der Waals surface area contributed by atoms with E-state index in [-0.39, 0.29) is 22.9 Å². The summed E-state index contributed by atoms with van der Waals surface area (Å²) in [5, 5.41) is 2.85. The number of amides is 2. The molecule has 35 heavy (non-hydrogen) atoms. The van der Waals surface area contributed by atoms with E-state index in [1.165, 1.54) is 31.2 Å². The smallest absolute Gasteiger partial charge is 0.261 e. The first kappa shape index (κ1) is 25.8. The van der Waals surface area contributed by atoms with Crippen molar-refractivity contribution in [2.45, 2.75) is 25.7 Å². The number of hydrogen-bond acceptors (Lipinski definition) is 5. The van der Waals surface area contributed by atoms with Crippen molar-refractivity contribution in [2.75, 3.05) is 30.7 Å². The summed E-state index contributed by atoms with van der Waals surface area (Å²) in [7, 11) is -0.920. The van der Waals surface area contributed by atoms with Crippen molar-refractivity contribution in [1.82, 2.24) is 4.90 Å². The Morgan fingerprint density at radius 2 is 1.54 bits per heavy atom. The van der Waals surface area contributed by atoms with Gasteiger partial charge in [0.05, 0.1) is 18.6 Å². The van der Waals surface area contributed by atoms with Gasteiger partial charge in [0, 0.05) is 24.0 Å². The maximum absolute atomic E-state index is 13.1. The highest BCUT2D eigenvalue weighted by molar-refractivity contribution is 7.92. The molecular formula is C26H29N3O5S. The third-order valence-electron chi connectivity index (χ3n) is 5.56. The van der Waals surface area contributed by atoms with Crippen molar-refractivity contribution in [3.05, 3.63) is 82.9 Å². The van der Waals surface area contributed by atoms with Crippen LogP contribution < -0.4 is 14.8 Å². The molecule has 0 spiro atoms. The Morgan fingerprint density at radius 1 is 0.914 bits per heavy atom. The Labute approximate surface area is 206 Å². The number of ether oxygens (including phenoxy) is 1. The summed E-state index contributed by atoms with van der Waals surface area (Å²) in [5.41, 5.74) is 3.72. The lowest BCUT2D eigenvalue weighted by atomic mass is 10.1. The number of sulfonamides is 1. The number of para-hydroxylation sites is 1. The number of likely N-dealkylation sites (N-methyl/N-ethyl adjacent to an activating group) is 1. The Balaban J connectivity index is 1.76. The summed E-state index contributed by atoms with van der Waals surface area (Å²) >= 11 is 0. The quantitative estimate of drug-likeness (QED) is 0.489. The van der Waals surface area contributed by atoms with E-state index in [1.54, 1.807) is 37.3 Å². The van der Waals surface area contributed by atoms with Crippen molar-refractivity contribution < 1.29 is 22.7 Å². The molecule has 9 heteroatoms. The number of carbonyl (C=O) groups is 2. The van der Waals surface area contributed by atoms with Crippen LogP contribution in [0.1, 0.15) is 27.0 Å². The Hall–Kier alpha value is -3.85. The summed E-state index contributed by atoms with van der Waals surface area (Å²) in [6, 6.07) is 16.5. The summed E-state index contributed by atoms with van der Waals surface area (Å²) in [6.45, 7) is 5.32. The van der Waals surface area contributed by atoms with E-state index < -0.39 is 15.9 Å². The van der Waals surface area contributed by atoms with Crippen LogP contribution in [-0.2, 0) is 14.8 Å². The minimum Gasteiger partial charge on any atom is -0.497 e. The van der Waals surface area contributed by atoms with Crippen LogP contribution in [0.25, 0.3) is 0 Å². The van der Waals surface area contributed by atoms with Gasteiger partial charge in [0.2, 0.25) is 5.91 Å². The summed E-state index contributed by atoms with van der Waals surface area (Å²) in [5.74, 6) is -0.206. The SMILES string of the molecule is COc1ccc(NS(=O)(=O)c2ccc(C)c(C(=O)N(C)CC(=O)Nc3c(C)cccc3C)c2)cc1. The van der Waals surface area contributed by atoms with Gasteiger partial charge in [0.15, 0.2) is 0 Å². The van der Waals surface area contributed by atoms with Crippen molar-refractivity contribution >= 4 is 33.2 Å². The number of aryl methyl sites for hydroxylation is 3. The first-order valence-corrected chi connectivity index (χ1v) is 12.4. The van der Waals surface area contributed by atoms with Crippen molar-refractivity contribution in [3.63, 3.8) is 0 Å². The third-order valence-corrected chi connectivity index (χ3v) is 6.94. The lowest BCUT2D eigenvalue weighted by Crippen LogP contribution is -2.35. The van der Waals surface area contributed by atoms with Gasteiger partial charge in [0.1, 0.15) is 5.75 Å². The van der Waals surface area contributed by atoms with Gasteiger partial charge in [-0.1, -0.05) is 24.3 Å². The minimum absolute atomic E-state index is 0.0596. The highest BCUT2D eigenvalue weighted by Crippen LogP contribution is 2.23. The lowest BCUT2D eigenvalue weighted by molar-refractivity contribution is -0.116. The van der Waals surface area contributed by atoms with E-state index >= 15 is 0 Å². The normalized spacial score (nSPS) is 11.0. The van der Waals surface area contributed by atoms with Crippen LogP contribution in [0.4, 0.5) is 11.4 Å². The molecule has 3 aromatic rings. The van der Waals surface area contributed by atoms with Gasteiger partial charge in [-0.15, -0.1) is 0 Å². The van der Waals surface area contributed by atoms with Gasteiger partial charge >= 0.3 is 0 Å². The average molecular weight is 496 g/mol. The monoisotopic (exact) mass is 495 g/mol. The fourth-order valence-electron chi connectivity index (χ4n) is 3.56. The zero-order chi connectivity index (χ0) is 25.8. The van der Waals surface area contributed by atoms with E-state index in [4.69, 9.17) is 4.74 Å². The molecule has 184 valence electrons. The Kier molecular flexibility index (Phi) is 7.81. The van der Waals surface area contributed by atoms with E-state index in [1.807, 2.05) is 32.0 Å². The predicted molar refractivity (Wildman–Crippen MR) is 136 cm³/mol. The average Bonchev–Trinajstić information content (AvgIpc) is 2.81. The van der Waals surface area contributed by atoms with Crippen LogP contribution in [0, 0.1) is 20.8 Å². The molecule has 0 saturated carbocycles. The first-order chi connectivity index (χ1) is 16.5. The lowest BCUT2D eigenvalue weighted by Gasteiger charge is -2.19. The van der Waals surface area contributed by atoms with Crippen molar-refractivity contribution in [2.24, 2.45) is 0 Å². The molecule has 0 aliphatic heterocycles. The first-order valence-electron chi connectivity index (χ1n) is 10.9. The van der Waals surface area contributed by atoms with Crippen LogP contribution in [0.5, 0.6) is 5.75 Å². The summed E-state index contributed by atoms with van der Waals surface area (Å²) < 4.78 is 33.4. The number of benzene rings is 3. The highest BCUT2D eigenvalue weighted by atomic mass is 32.2. The predicted octanol–water partition coefficient (Wildman–Crippen LogP) is 4.13. The van der Waals surface area contributed by atoms with Crippen LogP contribution >= 0.6 is 0 Å². The molecule has 0 heterocycles. The minimum atomic E-state index is -3.95. The molecular weight excluding hydrogens is 466 g/mol. The number of nitrogens with zero attached hydrogens (tertiary/aromatic N) is 1. The maximum Gasteiger partial charge on any atom is 0.261 e. The highest BCUT2D eigenvalue weighted by Gasteiger charge is 2.22. The second kappa shape index (κ2) is 10.6. The molecule has 3 rings (SSSR count). The number of rotatable bonds is 8. The molecule has 0 aliphatic carbocycles. The molecule has 8 nitrogen and oxygen atoms in total. The van der Waals surface area contributed by atoms with E-state index in [9.17, 15) is 18.0 Å². The number of nitrogens with one attached hydrogen (secondary N) is 2. The molecule has 0 saturated heterocycles. The topological polar surface area (TPSA) is 105 Å². The van der Waals surface area contributed by atoms with Gasteiger partial charge in [-0.05, 0) is 73.9 Å². The van der Waals surface area contributed by atoms with Crippen LogP contribution in [0.3, 0.4) is 0 Å². The third kappa shape index (κ3) is 6.19. The van der Waals surface area contributed by atoms with Crippen LogP contribution in [-0.4, -0.2) is 45.8 Å². The molecule has 2 N–H and O–H groups in total. The second-order valence-corrected chi connectivity index (χ2v) is 9.97. The molecule has 0 aliphatic rings. The van der Waals surface area contributed by atoms with Gasteiger partial charge in [0.25, 0.3) is 15.9 Å². The van der Waals surface area contributed by atoms with Crippen molar-refractivity contribution in [1.29, 1.82) is 0 Å². The van der Waals surface area contributed by atoms with E-state index in [0.717, 1.165) is 11.1 Å². The van der Waals surface area contributed by atoms with Gasteiger partial charge in [-0.3, -0.25) is 14.3 Å². The molecule has 0 fully saturated rings. The van der Waals surface area contributed by atoms with E-state index in [2.05, 4.69) is 10.0 Å². The zero-order valence-electron chi connectivity index (χ0n) is 20.4. The maximum atomic E-state index is 13.1. The molecule has 0 atom stereocenters. The number of carbonyl (C=O) groups excluding carboxylic acids is 2. The molecule has 2 amide bonds. The van der Waals surface area contributed by atoms with Crippen LogP contribution in [0.2, 0.25) is 0 Å². The standard InChI is InChI=1S/C26H29N3O5S/c1-17-9-14-22(35(32,33)28-20-10-12-21(34-5)13-11-20)15-23(17)26(31)29(4)16-24(30)27-25-18(2)7-6-8-19(25)3/h6-15,28H,16H2,1-5H3,(H,27,30). The number of hydrogen-bond donors (Lipinski definition) is 2. The fourth-order valence-corrected chi connectivity index (χ4v) is 4.64. The Morgan fingerprint density at radius 3 is 2.14 bits per heavy atom. The van der Waals surface area contributed by atoms with Gasteiger partial charge in [-0.2, -0.15) is 0 Å². The molecule has 0 radical (unpaired) electrons. The van der Waals surface area contributed by atoms with Gasteiger partial charge in [-0.25, -0.2) is 8.42 Å². The molecule has 0 unspecified atom stereocenters. The fraction of sp³-hybridized carbons (Fsp3) is 0.231.